The Morgan fingerprint density at radius 2 is 2.00 bits per heavy atom. The molecule has 2 aromatic heterocycles. The maximum absolute atomic E-state index is 12.9. The van der Waals surface area contributed by atoms with Crippen LogP contribution in [0.1, 0.15) is 23.1 Å². The number of hydrogen-bond acceptors (Lipinski definition) is 5. The number of hydrogen-bond donors (Lipinski definition) is 0. The Bertz CT molecular complexity index is 937. The van der Waals surface area contributed by atoms with E-state index in [1.54, 1.807) is 11.3 Å². The van der Waals surface area contributed by atoms with Gasteiger partial charge in [-0.25, -0.2) is 9.97 Å². The van der Waals surface area contributed by atoms with E-state index in [4.69, 9.17) is 4.98 Å². The SMILES string of the molecule is Cc1nc2ccccc2nc1SC(C)C(=O)N1CCc2sccc2C1. The van der Waals surface area contributed by atoms with E-state index >= 15 is 0 Å². The molecule has 3 heterocycles. The van der Waals surface area contributed by atoms with Crippen LogP contribution in [0.15, 0.2) is 40.7 Å². The Hall–Kier alpha value is -1.92. The average molecular weight is 370 g/mol. The van der Waals surface area contributed by atoms with Gasteiger partial charge in [-0.2, -0.15) is 0 Å². The van der Waals surface area contributed by atoms with Crippen molar-refractivity contribution in [1.29, 1.82) is 0 Å². The molecule has 0 fully saturated rings. The van der Waals surface area contributed by atoms with Gasteiger partial charge < -0.3 is 4.90 Å². The third-order valence-electron chi connectivity index (χ3n) is 4.46. The molecule has 25 heavy (non-hydrogen) atoms. The van der Waals surface area contributed by atoms with E-state index in [1.807, 2.05) is 43.0 Å². The molecule has 1 amide bonds. The number of carbonyl (C=O) groups excluding carboxylic acids is 1. The zero-order valence-electron chi connectivity index (χ0n) is 14.2. The van der Waals surface area contributed by atoms with E-state index in [0.29, 0.717) is 0 Å². The lowest BCUT2D eigenvalue weighted by atomic mass is 10.1. The molecular weight excluding hydrogens is 350 g/mol. The summed E-state index contributed by atoms with van der Waals surface area (Å²) in [5.74, 6) is 0.177. The molecule has 0 saturated carbocycles. The Kier molecular flexibility index (Phi) is 4.48. The highest BCUT2D eigenvalue weighted by atomic mass is 32.2. The second-order valence-corrected chi connectivity index (χ2v) is 8.57. The first-order valence-corrected chi connectivity index (χ1v) is 10.1. The van der Waals surface area contributed by atoms with Crippen LogP contribution >= 0.6 is 23.1 Å². The van der Waals surface area contributed by atoms with Crippen LogP contribution < -0.4 is 0 Å². The zero-order chi connectivity index (χ0) is 17.4. The Morgan fingerprint density at radius 1 is 1.24 bits per heavy atom. The van der Waals surface area contributed by atoms with Crippen molar-refractivity contribution < 1.29 is 4.79 Å². The largest absolute Gasteiger partial charge is 0.337 e. The summed E-state index contributed by atoms with van der Waals surface area (Å²) in [5.41, 5.74) is 3.94. The van der Waals surface area contributed by atoms with Gasteiger partial charge in [0, 0.05) is 18.0 Å². The molecule has 0 N–H and O–H groups in total. The van der Waals surface area contributed by atoms with Crippen LogP contribution in [0.25, 0.3) is 11.0 Å². The van der Waals surface area contributed by atoms with Gasteiger partial charge in [0.2, 0.25) is 5.91 Å². The minimum absolute atomic E-state index is 0.172. The van der Waals surface area contributed by atoms with Crippen molar-refractivity contribution in [2.24, 2.45) is 0 Å². The topological polar surface area (TPSA) is 46.1 Å². The highest BCUT2D eigenvalue weighted by Crippen LogP contribution is 2.29. The smallest absolute Gasteiger partial charge is 0.236 e. The molecule has 0 aliphatic carbocycles. The molecule has 4 rings (SSSR count). The van der Waals surface area contributed by atoms with Gasteiger partial charge in [0.25, 0.3) is 0 Å². The summed E-state index contributed by atoms with van der Waals surface area (Å²) in [4.78, 5) is 25.6. The molecular formula is C19H19N3OS2. The molecule has 0 saturated heterocycles. The molecule has 1 aliphatic heterocycles. The Morgan fingerprint density at radius 3 is 2.80 bits per heavy atom. The number of thioether (sulfide) groups is 1. The lowest BCUT2D eigenvalue weighted by Crippen LogP contribution is -2.39. The maximum Gasteiger partial charge on any atom is 0.236 e. The van der Waals surface area contributed by atoms with Crippen molar-refractivity contribution in [3.8, 4) is 0 Å². The lowest BCUT2D eigenvalue weighted by molar-refractivity contribution is -0.131. The number of aryl methyl sites for hydroxylation is 1. The summed E-state index contributed by atoms with van der Waals surface area (Å²) in [7, 11) is 0. The minimum atomic E-state index is -0.172. The predicted molar refractivity (Wildman–Crippen MR) is 103 cm³/mol. The van der Waals surface area contributed by atoms with Crippen molar-refractivity contribution in [3.63, 3.8) is 0 Å². The molecule has 4 nitrogen and oxygen atoms in total. The van der Waals surface area contributed by atoms with Crippen LogP contribution in [0.3, 0.4) is 0 Å². The van der Waals surface area contributed by atoms with Crippen molar-refractivity contribution in [2.45, 2.75) is 37.1 Å². The highest BCUT2D eigenvalue weighted by molar-refractivity contribution is 8.00. The Labute approximate surface area is 155 Å². The van der Waals surface area contributed by atoms with E-state index in [2.05, 4.69) is 16.4 Å². The number of fused-ring (bicyclic) bond motifs is 2. The first-order chi connectivity index (χ1) is 12.1. The molecule has 3 aromatic rings. The fourth-order valence-corrected chi connectivity index (χ4v) is 4.94. The fourth-order valence-electron chi connectivity index (χ4n) is 3.10. The molecule has 1 aliphatic rings. The van der Waals surface area contributed by atoms with Crippen LogP contribution in [-0.4, -0.2) is 32.6 Å². The minimum Gasteiger partial charge on any atom is -0.337 e. The molecule has 0 bridgehead atoms. The summed E-state index contributed by atoms with van der Waals surface area (Å²) in [6, 6.07) is 9.98. The van der Waals surface area contributed by atoms with Gasteiger partial charge >= 0.3 is 0 Å². The van der Waals surface area contributed by atoms with E-state index in [0.717, 1.165) is 41.3 Å². The van der Waals surface area contributed by atoms with Gasteiger partial charge in [0.1, 0.15) is 5.03 Å². The predicted octanol–water partition coefficient (Wildman–Crippen LogP) is 4.07. The number of amides is 1. The van der Waals surface area contributed by atoms with Crippen molar-refractivity contribution in [2.75, 3.05) is 6.54 Å². The summed E-state index contributed by atoms with van der Waals surface area (Å²) < 4.78 is 0. The summed E-state index contributed by atoms with van der Waals surface area (Å²) in [5, 5.41) is 2.78. The number of para-hydroxylation sites is 2. The summed E-state index contributed by atoms with van der Waals surface area (Å²) in [6.07, 6.45) is 0.963. The fraction of sp³-hybridized carbons (Fsp3) is 0.316. The molecule has 1 atom stereocenters. The van der Waals surface area contributed by atoms with Gasteiger partial charge in [-0.15, -0.1) is 11.3 Å². The standard InChI is InChI=1S/C19H19N3OS2/c1-12-18(21-16-6-4-3-5-15(16)20-12)25-13(2)19(23)22-9-7-17-14(11-22)8-10-24-17/h3-6,8,10,13H,7,9,11H2,1-2H3. The van der Waals surface area contributed by atoms with Crippen molar-refractivity contribution >= 4 is 40.0 Å². The molecule has 128 valence electrons. The van der Waals surface area contributed by atoms with Crippen molar-refractivity contribution in [1.82, 2.24) is 14.9 Å². The molecule has 1 aromatic carbocycles. The van der Waals surface area contributed by atoms with Crippen LogP contribution in [0, 0.1) is 6.92 Å². The zero-order valence-corrected chi connectivity index (χ0v) is 15.9. The normalized spacial score (nSPS) is 15.2. The number of thiophene rings is 1. The Balaban J connectivity index is 1.51. The quantitative estimate of drug-likeness (QED) is 0.653. The molecule has 1 unspecified atom stereocenters. The van der Waals surface area contributed by atoms with Crippen molar-refractivity contribution in [3.05, 3.63) is 51.8 Å². The van der Waals surface area contributed by atoms with Gasteiger partial charge in [0.05, 0.1) is 22.0 Å². The first-order valence-electron chi connectivity index (χ1n) is 8.36. The number of rotatable bonds is 3. The maximum atomic E-state index is 12.9. The van der Waals surface area contributed by atoms with Crippen LogP contribution in [-0.2, 0) is 17.8 Å². The average Bonchev–Trinajstić information content (AvgIpc) is 3.09. The summed E-state index contributed by atoms with van der Waals surface area (Å²) in [6.45, 7) is 5.45. The number of aromatic nitrogens is 2. The first kappa shape index (κ1) is 16.5. The highest BCUT2D eigenvalue weighted by Gasteiger charge is 2.26. The van der Waals surface area contributed by atoms with E-state index in [-0.39, 0.29) is 11.2 Å². The van der Waals surface area contributed by atoms with Crippen LogP contribution in [0.2, 0.25) is 0 Å². The van der Waals surface area contributed by atoms with E-state index < -0.39 is 0 Å². The molecule has 6 heteroatoms. The van der Waals surface area contributed by atoms with E-state index in [9.17, 15) is 4.79 Å². The van der Waals surface area contributed by atoms with Crippen LogP contribution in [0.4, 0.5) is 0 Å². The summed E-state index contributed by atoms with van der Waals surface area (Å²) >= 11 is 3.30. The van der Waals surface area contributed by atoms with Gasteiger partial charge in [-0.3, -0.25) is 4.79 Å². The van der Waals surface area contributed by atoms with Crippen LogP contribution in [0.5, 0.6) is 0 Å². The second kappa shape index (κ2) is 6.77. The second-order valence-electron chi connectivity index (χ2n) is 6.24. The molecule has 0 spiro atoms. The van der Waals surface area contributed by atoms with Gasteiger partial charge in [-0.1, -0.05) is 23.9 Å². The third kappa shape index (κ3) is 3.28. The third-order valence-corrected chi connectivity index (χ3v) is 6.65. The number of carbonyl (C=O) groups is 1. The van der Waals surface area contributed by atoms with Gasteiger partial charge in [-0.05, 0) is 49.4 Å². The number of nitrogens with zero attached hydrogens (tertiary/aromatic N) is 3. The lowest BCUT2D eigenvalue weighted by Gasteiger charge is -2.29. The number of benzene rings is 1. The van der Waals surface area contributed by atoms with Gasteiger partial charge in [0.15, 0.2) is 0 Å². The molecule has 0 radical (unpaired) electrons. The van der Waals surface area contributed by atoms with E-state index in [1.165, 1.54) is 22.2 Å². The monoisotopic (exact) mass is 369 g/mol.